The molecule has 1 saturated carbocycles. The van der Waals surface area contributed by atoms with Gasteiger partial charge in [0.05, 0.1) is 22.9 Å². The molecular formula is C21H22N4O3. The number of benzene rings is 1. The number of aromatic nitrogens is 2. The molecule has 144 valence electrons. The van der Waals surface area contributed by atoms with Gasteiger partial charge in [-0.15, -0.1) is 0 Å². The summed E-state index contributed by atoms with van der Waals surface area (Å²) in [5.74, 6) is -0.613. The van der Waals surface area contributed by atoms with E-state index in [1.54, 1.807) is 0 Å². The molecule has 5 rings (SSSR count). The van der Waals surface area contributed by atoms with Crippen molar-refractivity contribution in [3.8, 4) is 0 Å². The van der Waals surface area contributed by atoms with Crippen molar-refractivity contribution < 1.29 is 14.4 Å². The topological polar surface area (TPSA) is 84.3 Å². The number of carbonyl (C=O) groups is 3. The molecule has 2 fully saturated rings. The van der Waals surface area contributed by atoms with E-state index in [0.717, 1.165) is 35.3 Å². The molecule has 7 heteroatoms. The average molecular weight is 378 g/mol. The zero-order valence-electron chi connectivity index (χ0n) is 15.7. The van der Waals surface area contributed by atoms with E-state index in [1.807, 2.05) is 41.0 Å². The highest BCUT2D eigenvalue weighted by atomic mass is 16.2. The molecule has 3 aliphatic rings. The lowest BCUT2D eigenvalue weighted by atomic mass is 9.85. The molecule has 1 N–H and O–H groups in total. The lowest BCUT2D eigenvalue weighted by Crippen LogP contribution is -2.39. The predicted octanol–water partition coefficient (Wildman–Crippen LogP) is 2.19. The number of hydrogen-bond acceptors (Lipinski definition) is 4. The summed E-state index contributed by atoms with van der Waals surface area (Å²) in [5.41, 5.74) is 1.75. The summed E-state index contributed by atoms with van der Waals surface area (Å²) in [6, 6.07) is 7.70. The van der Waals surface area contributed by atoms with Crippen LogP contribution in [0.3, 0.4) is 0 Å². The minimum Gasteiger partial charge on any atom is -0.310 e. The molecule has 0 radical (unpaired) electrons. The Kier molecular flexibility index (Phi) is 3.86. The molecule has 0 spiro atoms. The number of para-hydroxylation sites is 2. The molecule has 4 unspecified atom stereocenters. The van der Waals surface area contributed by atoms with Crippen LogP contribution in [0.15, 0.2) is 36.4 Å². The third kappa shape index (κ3) is 2.42. The Hall–Kier alpha value is -2.96. The minimum absolute atomic E-state index is 0.147. The molecule has 28 heavy (non-hydrogen) atoms. The summed E-state index contributed by atoms with van der Waals surface area (Å²) >= 11 is 0. The first-order chi connectivity index (χ1) is 13.6. The number of anilines is 1. The minimum atomic E-state index is -0.394. The van der Waals surface area contributed by atoms with Crippen molar-refractivity contribution in [3.63, 3.8) is 0 Å². The van der Waals surface area contributed by atoms with Gasteiger partial charge in [-0.3, -0.25) is 24.6 Å². The molecule has 3 amide bonds. The molecule has 2 bridgehead atoms. The van der Waals surface area contributed by atoms with Gasteiger partial charge >= 0.3 is 0 Å². The van der Waals surface area contributed by atoms with Gasteiger partial charge in [0, 0.05) is 6.54 Å². The van der Waals surface area contributed by atoms with E-state index in [9.17, 15) is 14.4 Å². The predicted molar refractivity (Wildman–Crippen MR) is 103 cm³/mol. The molecule has 1 aromatic carbocycles. The number of imidazole rings is 1. The zero-order valence-corrected chi connectivity index (χ0v) is 15.7. The number of rotatable bonds is 5. The number of nitrogens with one attached hydrogen (secondary N) is 1. The van der Waals surface area contributed by atoms with Crippen LogP contribution in [-0.4, -0.2) is 38.7 Å². The van der Waals surface area contributed by atoms with Crippen molar-refractivity contribution in [2.24, 2.45) is 23.7 Å². The number of allylic oxidation sites excluding steroid dienone is 2. The maximum atomic E-state index is 12.8. The number of amides is 3. The summed E-state index contributed by atoms with van der Waals surface area (Å²) in [4.78, 5) is 43.8. The van der Waals surface area contributed by atoms with E-state index < -0.39 is 5.91 Å². The van der Waals surface area contributed by atoms with Gasteiger partial charge < -0.3 is 4.57 Å². The van der Waals surface area contributed by atoms with E-state index >= 15 is 0 Å². The fourth-order valence-corrected chi connectivity index (χ4v) is 5.05. The van der Waals surface area contributed by atoms with E-state index in [4.69, 9.17) is 0 Å². The van der Waals surface area contributed by atoms with Gasteiger partial charge in [-0.2, -0.15) is 0 Å². The number of likely N-dealkylation sites (tertiary alicyclic amines) is 1. The van der Waals surface area contributed by atoms with E-state index in [2.05, 4.69) is 17.2 Å². The largest absolute Gasteiger partial charge is 0.310 e. The van der Waals surface area contributed by atoms with Crippen molar-refractivity contribution in [1.82, 2.24) is 14.5 Å². The molecular weight excluding hydrogens is 356 g/mol. The molecule has 1 aliphatic heterocycles. The van der Waals surface area contributed by atoms with Crippen molar-refractivity contribution in [2.75, 3.05) is 11.9 Å². The number of aryl methyl sites for hydroxylation is 1. The SMILES string of the molecule is CCCn1c(NC(=O)CN2C(=O)C3C4C=CC(C4)C3C2=O)nc2ccccc21. The van der Waals surface area contributed by atoms with Crippen molar-refractivity contribution in [1.29, 1.82) is 0 Å². The van der Waals surface area contributed by atoms with Crippen molar-refractivity contribution >= 4 is 34.7 Å². The first-order valence-electron chi connectivity index (χ1n) is 9.87. The van der Waals surface area contributed by atoms with Crippen molar-refractivity contribution in [2.45, 2.75) is 26.3 Å². The number of fused-ring (bicyclic) bond motifs is 6. The van der Waals surface area contributed by atoms with E-state index in [0.29, 0.717) is 5.95 Å². The molecule has 1 aromatic heterocycles. The van der Waals surface area contributed by atoms with Crippen LogP contribution in [0.25, 0.3) is 11.0 Å². The maximum absolute atomic E-state index is 12.8. The van der Waals surface area contributed by atoms with Crippen LogP contribution in [0, 0.1) is 23.7 Å². The van der Waals surface area contributed by atoms with Gasteiger partial charge in [0.2, 0.25) is 23.7 Å². The maximum Gasteiger partial charge on any atom is 0.246 e. The lowest BCUT2D eigenvalue weighted by molar-refractivity contribution is -0.143. The second kappa shape index (κ2) is 6.29. The number of nitrogens with zero attached hydrogens (tertiary/aromatic N) is 3. The summed E-state index contributed by atoms with van der Waals surface area (Å²) in [5, 5.41) is 2.81. The molecule has 2 aliphatic carbocycles. The normalized spacial score (nSPS) is 27.8. The highest BCUT2D eigenvalue weighted by molar-refractivity contribution is 6.09. The number of carbonyl (C=O) groups excluding carboxylic acids is 3. The first kappa shape index (κ1) is 17.2. The van der Waals surface area contributed by atoms with Gasteiger partial charge in [0.25, 0.3) is 0 Å². The number of imide groups is 1. The molecule has 4 atom stereocenters. The Labute approximate surface area is 162 Å². The Bertz CT molecular complexity index is 994. The quantitative estimate of drug-likeness (QED) is 0.639. The Balaban J connectivity index is 1.35. The summed E-state index contributed by atoms with van der Waals surface area (Å²) in [6.07, 6.45) is 5.88. The Morgan fingerprint density at radius 3 is 2.50 bits per heavy atom. The molecule has 1 saturated heterocycles. The summed E-state index contributed by atoms with van der Waals surface area (Å²) < 4.78 is 1.96. The monoisotopic (exact) mass is 378 g/mol. The first-order valence-corrected chi connectivity index (χ1v) is 9.87. The van der Waals surface area contributed by atoms with Gasteiger partial charge in [0.1, 0.15) is 6.54 Å². The van der Waals surface area contributed by atoms with Crippen LogP contribution in [-0.2, 0) is 20.9 Å². The van der Waals surface area contributed by atoms with E-state index in [1.165, 1.54) is 0 Å². The second-order valence-electron chi connectivity index (χ2n) is 7.89. The van der Waals surface area contributed by atoms with Gasteiger partial charge in [-0.25, -0.2) is 4.98 Å². The fraction of sp³-hybridized carbons (Fsp3) is 0.429. The van der Waals surface area contributed by atoms with Crippen LogP contribution in [0.2, 0.25) is 0 Å². The standard InChI is InChI=1S/C21H22N4O3/c1-2-9-24-15-6-4-3-5-14(15)22-21(24)23-16(26)11-25-19(27)17-12-7-8-13(10-12)18(17)20(25)28/h3-8,12-13,17-18H,2,9-11H2,1H3,(H,22,23,26). The van der Waals surface area contributed by atoms with Crippen LogP contribution in [0.5, 0.6) is 0 Å². The van der Waals surface area contributed by atoms with Gasteiger partial charge in [0.15, 0.2) is 0 Å². The van der Waals surface area contributed by atoms with Crippen molar-refractivity contribution in [3.05, 3.63) is 36.4 Å². The highest BCUT2D eigenvalue weighted by Crippen LogP contribution is 2.52. The molecule has 2 heterocycles. The Morgan fingerprint density at radius 2 is 1.82 bits per heavy atom. The van der Waals surface area contributed by atoms with E-state index in [-0.39, 0.29) is 42.0 Å². The average Bonchev–Trinajstić information content (AvgIpc) is 3.42. The van der Waals surface area contributed by atoms with Gasteiger partial charge in [-0.05, 0) is 36.8 Å². The third-order valence-electron chi connectivity index (χ3n) is 6.22. The zero-order chi connectivity index (χ0) is 19.4. The lowest BCUT2D eigenvalue weighted by Gasteiger charge is -2.17. The fourth-order valence-electron chi connectivity index (χ4n) is 5.05. The highest BCUT2D eigenvalue weighted by Gasteiger charge is 2.59. The molecule has 2 aromatic rings. The van der Waals surface area contributed by atoms with Crippen LogP contribution >= 0.6 is 0 Å². The van der Waals surface area contributed by atoms with Crippen LogP contribution < -0.4 is 5.32 Å². The second-order valence-corrected chi connectivity index (χ2v) is 7.89. The molecule has 7 nitrogen and oxygen atoms in total. The summed E-state index contributed by atoms with van der Waals surface area (Å²) in [7, 11) is 0. The summed E-state index contributed by atoms with van der Waals surface area (Å²) in [6.45, 7) is 2.53. The number of hydrogen-bond donors (Lipinski definition) is 1. The van der Waals surface area contributed by atoms with Gasteiger partial charge in [-0.1, -0.05) is 31.2 Å². The smallest absolute Gasteiger partial charge is 0.246 e. The van der Waals surface area contributed by atoms with Crippen LogP contribution in [0.1, 0.15) is 19.8 Å². The third-order valence-corrected chi connectivity index (χ3v) is 6.22. The van der Waals surface area contributed by atoms with Crippen LogP contribution in [0.4, 0.5) is 5.95 Å². The Morgan fingerprint density at radius 1 is 1.14 bits per heavy atom.